The fourth-order valence-corrected chi connectivity index (χ4v) is 1.89. The molecule has 0 aliphatic carbocycles. The number of carbonyl (C=O) groups is 2. The van der Waals surface area contributed by atoms with Crippen molar-refractivity contribution in [1.29, 1.82) is 0 Å². The van der Waals surface area contributed by atoms with Gasteiger partial charge in [-0.1, -0.05) is 19.9 Å². The Morgan fingerprint density at radius 2 is 1.70 bits per heavy atom. The number of ether oxygens (including phenoxy) is 1. The summed E-state index contributed by atoms with van der Waals surface area (Å²) in [6.07, 6.45) is 1.78. The Labute approximate surface area is 119 Å². The Hall–Kier alpha value is -1.91. The quantitative estimate of drug-likeness (QED) is 0.719. The summed E-state index contributed by atoms with van der Waals surface area (Å²) < 4.78 is 4.89. The molecule has 0 saturated heterocycles. The zero-order valence-electron chi connectivity index (χ0n) is 12.4. The van der Waals surface area contributed by atoms with E-state index in [9.17, 15) is 9.59 Å². The molecular weight excluding hydrogens is 256 g/mol. The van der Waals surface area contributed by atoms with Crippen molar-refractivity contribution in [3.05, 3.63) is 29.6 Å². The normalized spacial score (nSPS) is 10.2. The van der Waals surface area contributed by atoms with Crippen molar-refractivity contribution in [2.45, 2.75) is 33.6 Å². The number of aromatic nitrogens is 1. The Morgan fingerprint density at radius 1 is 1.10 bits per heavy atom. The van der Waals surface area contributed by atoms with Gasteiger partial charge in [-0.05, 0) is 31.9 Å². The van der Waals surface area contributed by atoms with E-state index in [4.69, 9.17) is 4.74 Å². The summed E-state index contributed by atoms with van der Waals surface area (Å²) in [6, 6.07) is 4.84. The average molecular weight is 278 g/mol. The van der Waals surface area contributed by atoms with Crippen LogP contribution in [0, 0.1) is 0 Å². The number of hydrogen-bond acceptors (Lipinski definition) is 4. The molecule has 1 rings (SSSR count). The Kier molecular flexibility index (Phi) is 6.70. The number of pyridine rings is 1. The molecule has 1 aromatic heterocycles. The van der Waals surface area contributed by atoms with Crippen molar-refractivity contribution in [3.63, 3.8) is 0 Å². The molecule has 1 amide bonds. The van der Waals surface area contributed by atoms with Crippen LogP contribution in [0.5, 0.6) is 0 Å². The number of esters is 1. The van der Waals surface area contributed by atoms with Crippen molar-refractivity contribution in [3.8, 4) is 0 Å². The standard InChI is InChI=1S/C15H22N2O3/c1-4-10-17(11-5-2)14(18)12-8-7-9-13(16-12)15(19)20-6-3/h7-9H,4-6,10-11H2,1-3H3. The van der Waals surface area contributed by atoms with Gasteiger partial charge in [0.15, 0.2) is 0 Å². The summed E-state index contributed by atoms with van der Waals surface area (Å²) in [7, 11) is 0. The van der Waals surface area contributed by atoms with Crippen LogP contribution in [0.3, 0.4) is 0 Å². The van der Waals surface area contributed by atoms with Gasteiger partial charge in [0, 0.05) is 13.1 Å². The minimum absolute atomic E-state index is 0.139. The molecule has 0 bridgehead atoms. The summed E-state index contributed by atoms with van der Waals surface area (Å²) >= 11 is 0. The first-order valence-corrected chi connectivity index (χ1v) is 7.07. The summed E-state index contributed by atoms with van der Waals surface area (Å²) in [6.45, 7) is 7.46. The Bertz CT molecular complexity index is 454. The molecule has 0 atom stereocenters. The molecule has 0 spiro atoms. The van der Waals surface area contributed by atoms with Gasteiger partial charge in [0.1, 0.15) is 11.4 Å². The first-order chi connectivity index (χ1) is 9.63. The van der Waals surface area contributed by atoms with Crippen molar-refractivity contribution in [2.24, 2.45) is 0 Å². The van der Waals surface area contributed by atoms with E-state index >= 15 is 0 Å². The summed E-state index contributed by atoms with van der Waals surface area (Å²) in [5.74, 6) is -0.639. The van der Waals surface area contributed by atoms with Crippen LogP contribution in [0.4, 0.5) is 0 Å². The Balaban J connectivity index is 2.91. The lowest BCUT2D eigenvalue weighted by Crippen LogP contribution is -2.33. The molecule has 5 nitrogen and oxygen atoms in total. The third-order valence-electron chi connectivity index (χ3n) is 2.73. The van der Waals surface area contributed by atoms with Gasteiger partial charge in [-0.25, -0.2) is 9.78 Å². The highest BCUT2D eigenvalue weighted by molar-refractivity contribution is 5.94. The van der Waals surface area contributed by atoms with E-state index in [2.05, 4.69) is 4.98 Å². The lowest BCUT2D eigenvalue weighted by Gasteiger charge is -2.21. The van der Waals surface area contributed by atoms with Gasteiger partial charge in [-0.15, -0.1) is 0 Å². The topological polar surface area (TPSA) is 59.5 Å². The summed E-state index contributed by atoms with van der Waals surface area (Å²) in [5.41, 5.74) is 0.461. The minimum Gasteiger partial charge on any atom is -0.461 e. The molecule has 1 heterocycles. The first-order valence-electron chi connectivity index (χ1n) is 7.07. The predicted octanol–water partition coefficient (Wildman–Crippen LogP) is 2.52. The number of hydrogen-bond donors (Lipinski definition) is 0. The van der Waals surface area contributed by atoms with Gasteiger partial charge in [0.05, 0.1) is 6.61 Å². The second-order valence-electron chi connectivity index (χ2n) is 4.42. The highest BCUT2D eigenvalue weighted by Gasteiger charge is 2.17. The molecule has 0 aliphatic heterocycles. The van der Waals surface area contributed by atoms with Crippen LogP contribution in [-0.2, 0) is 4.74 Å². The second-order valence-corrected chi connectivity index (χ2v) is 4.42. The average Bonchev–Trinajstić information content (AvgIpc) is 2.46. The SMILES string of the molecule is CCCN(CCC)C(=O)c1cccc(C(=O)OCC)n1. The van der Waals surface area contributed by atoms with Crippen molar-refractivity contribution in [2.75, 3.05) is 19.7 Å². The molecule has 0 N–H and O–H groups in total. The highest BCUT2D eigenvalue weighted by Crippen LogP contribution is 2.07. The van der Waals surface area contributed by atoms with Gasteiger partial charge in [-0.3, -0.25) is 4.79 Å². The number of rotatable bonds is 7. The molecule has 0 radical (unpaired) electrons. The molecule has 20 heavy (non-hydrogen) atoms. The van der Waals surface area contributed by atoms with Gasteiger partial charge < -0.3 is 9.64 Å². The maximum atomic E-state index is 12.4. The zero-order valence-corrected chi connectivity index (χ0v) is 12.4. The van der Waals surface area contributed by atoms with E-state index in [1.54, 1.807) is 30.0 Å². The van der Waals surface area contributed by atoms with Crippen LogP contribution in [0.15, 0.2) is 18.2 Å². The van der Waals surface area contributed by atoms with Gasteiger partial charge in [0.2, 0.25) is 0 Å². The van der Waals surface area contributed by atoms with Crippen LogP contribution in [0.1, 0.15) is 54.6 Å². The van der Waals surface area contributed by atoms with Gasteiger partial charge >= 0.3 is 5.97 Å². The molecular formula is C15H22N2O3. The van der Waals surface area contributed by atoms with E-state index in [1.165, 1.54) is 0 Å². The van der Waals surface area contributed by atoms with E-state index in [0.29, 0.717) is 13.1 Å². The third-order valence-corrected chi connectivity index (χ3v) is 2.73. The molecule has 0 aromatic carbocycles. The second kappa shape index (κ2) is 8.30. The molecule has 0 saturated carbocycles. The largest absolute Gasteiger partial charge is 0.461 e. The maximum absolute atomic E-state index is 12.4. The van der Waals surface area contributed by atoms with Gasteiger partial charge in [0.25, 0.3) is 5.91 Å². The lowest BCUT2D eigenvalue weighted by molar-refractivity contribution is 0.0519. The zero-order chi connectivity index (χ0) is 15.0. The number of carbonyl (C=O) groups excluding carboxylic acids is 2. The van der Waals surface area contributed by atoms with Gasteiger partial charge in [-0.2, -0.15) is 0 Å². The summed E-state index contributed by atoms with van der Waals surface area (Å²) in [5, 5.41) is 0. The molecule has 5 heteroatoms. The number of amides is 1. The van der Waals surface area contributed by atoms with E-state index < -0.39 is 5.97 Å². The van der Waals surface area contributed by atoms with Crippen LogP contribution in [0.2, 0.25) is 0 Å². The minimum atomic E-state index is -0.500. The maximum Gasteiger partial charge on any atom is 0.356 e. The van der Waals surface area contributed by atoms with Crippen molar-refractivity contribution >= 4 is 11.9 Å². The van der Waals surface area contributed by atoms with E-state index in [0.717, 1.165) is 12.8 Å². The predicted molar refractivity (Wildman–Crippen MR) is 76.7 cm³/mol. The van der Waals surface area contributed by atoms with E-state index in [-0.39, 0.29) is 23.9 Å². The van der Waals surface area contributed by atoms with Crippen LogP contribution in [-0.4, -0.2) is 41.5 Å². The van der Waals surface area contributed by atoms with Crippen LogP contribution in [0.25, 0.3) is 0 Å². The lowest BCUT2D eigenvalue weighted by atomic mass is 10.2. The van der Waals surface area contributed by atoms with Crippen LogP contribution >= 0.6 is 0 Å². The molecule has 1 aromatic rings. The fourth-order valence-electron chi connectivity index (χ4n) is 1.89. The smallest absolute Gasteiger partial charge is 0.356 e. The van der Waals surface area contributed by atoms with Crippen molar-refractivity contribution < 1.29 is 14.3 Å². The third kappa shape index (κ3) is 4.33. The highest BCUT2D eigenvalue weighted by atomic mass is 16.5. The molecule has 110 valence electrons. The molecule has 0 aliphatic rings. The number of nitrogens with zero attached hydrogens (tertiary/aromatic N) is 2. The summed E-state index contributed by atoms with van der Waals surface area (Å²) in [4.78, 5) is 29.9. The van der Waals surface area contributed by atoms with Crippen molar-refractivity contribution in [1.82, 2.24) is 9.88 Å². The molecule has 0 fully saturated rings. The molecule has 0 unspecified atom stereocenters. The Morgan fingerprint density at radius 3 is 2.25 bits per heavy atom. The fraction of sp³-hybridized carbons (Fsp3) is 0.533. The van der Waals surface area contributed by atoms with E-state index in [1.807, 2.05) is 13.8 Å². The first kappa shape index (κ1) is 16.1. The monoisotopic (exact) mass is 278 g/mol. The van der Waals surface area contributed by atoms with Crippen LogP contribution < -0.4 is 0 Å².